The highest BCUT2D eigenvalue weighted by Gasteiger charge is 2.38. The van der Waals surface area contributed by atoms with Crippen LogP contribution in [-0.4, -0.2) is 20.5 Å². The predicted molar refractivity (Wildman–Crippen MR) is 43.0 cm³/mol. The fraction of sp³-hybridized carbons (Fsp3) is 0.667. The van der Waals surface area contributed by atoms with Crippen LogP contribution in [0.2, 0.25) is 0 Å². The van der Waals surface area contributed by atoms with Crippen LogP contribution in [0.25, 0.3) is 0 Å². The van der Waals surface area contributed by atoms with Crippen LogP contribution in [0.3, 0.4) is 0 Å². The predicted octanol–water partition coefficient (Wildman–Crippen LogP) is 0.664. The van der Waals surface area contributed by atoms with Crippen LogP contribution in [0, 0.1) is 10.1 Å². The zero-order valence-corrected chi connectivity index (χ0v) is 7.79. The van der Waals surface area contributed by atoms with E-state index in [4.69, 9.17) is 0 Å². The third-order valence-electron chi connectivity index (χ3n) is 1.04. The molecule has 5 nitrogen and oxygen atoms in total. The van der Waals surface area contributed by atoms with Crippen molar-refractivity contribution in [2.75, 3.05) is 0 Å². The molecule has 0 aliphatic carbocycles. The van der Waals surface area contributed by atoms with Gasteiger partial charge in [-0.1, -0.05) is 15.9 Å². The normalized spacial score (nSPS) is 31.2. The average Bonchev–Trinajstić information content (AvgIpc) is 2.11. The van der Waals surface area contributed by atoms with Crippen LogP contribution in [0.1, 0.15) is 0 Å². The average molecular weight is 273 g/mol. The van der Waals surface area contributed by atoms with E-state index in [1.165, 1.54) is 0 Å². The van der Waals surface area contributed by atoms with Crippen molar-refractivity contribution in [2.24, 2.45) is 5.10 Å². The van der Waals surface area contributed by atoms with E-state index in [1.54, 1.807) is 0 Å². The maximum atomic E-state index is 10.2. The lowest BCUT2D eigenvalue weighted by atomic mass is 10.4. The maximum Gasteiger partial charge on any atom is 0.293 e. The van der Waals surface area contributed by atoms with Crippen molar-refractivity contribution in [1.29, 1.82) is 0 Å². The van der Waals surface area contributed by atoms with Crippen molar-refractivity contribution < 1.29 is 4.92 Å². The molecule has 1 aliphatic rings. The van der Waals surface area contributed by atoms with Crippen molar-refractivity contribution in [2.45, 2.75) is 11.0 Å². The molecule has 1 aliphatic heterocycles. The molecular formula is C3H3Br2N3O2. The topological polar surface area (TPSA) is 67.5 Å². The fourth-order valence-corrected chi connectivity index (χ4v) is 2.01. The number of rotatable bonds is 1. The molecule has 0 saturated carbocycles. The highest BCUT2D eigenvalue weighted by Crippen LogP contribution is 2.16. The molecule has 0 spiro atoms. The van der Waals surface area contributed by atoms with Gasteiger partial charge in [0.2, 0.25) is 0 Å². The summed E-state index contributed by atoms with van der Waals surface area (Å²) in [6.45, 7) is 0. The molecule has 2 atom stereocenters. The van der Waals surface area contributed by atoms with Crippen molar-refractivity contribution >= 4 is 36.5 Å². The number of hydrogen-bond acceptors (Lipinski definition) is 4. The Hall–Kier alpha value is -0.170. The number of nitrogens with one attached hydrogen (secondary N) is 1. The summed E-state index contributed by atoms with van der Waals surface area (Å²) in [4.78, 5) is 9.43. The Morgan fingerprint density at radius 1 is 1.80 bits per heavy atom. The molecule has 2 unspecified atom stereocenters. The van der Waals surface area contributed by atoms with Gasteiger partial charge in [-0.15, -0.1) is 0 Å². The Morgan fingerprint density at radius 2 is 2.40 bits per heavy atom. The lowest BCUT2D eigenvalue weighted by Crippen LogP contribution is -2.34. The minimum atomic E-state index is -0.806. The van der Waals surface area contributed by atoms with E-state index in [-0.39, 0.29) is 0 Å². The van der Waals surface area contributed by atoms with Crippen molar-refractivity contribution in [3.63, 3.8) is 0 Å². The molecule has 56 valence electrons. The second-order valence-electron chi connectivity index (χ2n) is 1.70. The summed E-state index contributed by atoms with van der Waals surface area (Å²) >= 11 is 6.01. The molecule has 7 heteroatoms. The zero-order valence-electron chi connectivity index (χ0n) is 4.62. The van der Waals surface area contributed by atoms with E-state index >= 15 is 0 Å². The van der Waals surface area contributed by atoms with Gasteiger partial charge in [0.05, 0.1) is 0 Å². The van der Waals surface area contributed by atoms with Gasteiger partial charge in [-0.3, -0.25) is 15.5 Å². The number of alkyl halides is 1. The van der Waals surface area contributed by atoms with Gasteiger partial charge in [0, 0.05) is 4.92 Å². The van der Waals surface area contributed by atoms with Gasteiger partial charge in [0.25, 0.3) is 6.04 Å². The molecule has 1 heterocycles. The van der Waals surface area contributed by atoms with Crippen molar-refractivity contribution in [1.82, 2.24) is 5.43 Å². The summed E-state index contributed by atoms with van der Waals surface area (Å²) in [5, 5.41) is 13.9. The van der Waals surface area contributed by atoms with Gasteiger partial charge >= 0.3 is 0 Å². The summed E-state index contributed by atoms with van der Waals surface area (Å²) in [5.41, 5.74) is 2.52. The second-order valence-corrected chi connectivity index (χ2v) is 3.49. The van der Waals surface area contributed by atoms with Gasteiger partial charge in [-0.25, -0.2) is 0 Å². The first kappa shape index (κ1) is 7.93. The largest absolute Gasteiger partial charge is 0.293 e. The van der Waals surface area contributed by atoms with Gasteiger partial charge in [-0.05, 0) is 15.9 Å². The summed E-state index contributed by atoms with van der Waals surface area (Å²) in [6.07, 6.45) is 0. The van der Waals surface area contributed by atoms with Gasteiger partial charge in [0.1, 0.15) is 0 Å². The van der Waals surface area contributed by atoms with Crippen LogP contribution in [-0.2, 0) is 0 Å². The third kappa shape index (κ3) is 1.29. The van der Waals surface area contributed by atoms with Crippen LogP contribution in [0.15, 0.2) is 5.10 Å². The maximum absolute atomic E-state index is 10.2. The number of hydrazone groups is 1. The number of nitrogens with zero attached hydrogens (tertiary/aromatic N) is 2. The Kier molecular flexibility index (Phi) is 2.24. The second kappa shape index (κ2) is 2.83. The van der Waals surface area contributed by atoms with Crippen molar-refractivity contribution in [3.05, 3.63) is 10.1 Å². The van der Waals surface area contributed by atoms with Crippen LogP contribution in [0.5, 0.6) is 0 Å². The van der Waals surface area contributed by atoms with E-state index in [0.717, 1.165) is 0 Å². The first-order chi connectivity index (χ1) is 4.63. The minimum Gasteiger partial charge on any atom is -0.288 e. The standard InChI is InChI=1S/C3H3Br2N3O2/c4-2-1(8(9)10)3(5)7-6-2/h1-2,6H. The van der Waals surface area contributed by atoms with Gasteiger partial charge < -0.3 is 0 Å². The highest BCUT2D eigenvalue weighted by molar-refractivity contribution is 9.18. The molecular weight excluding hydrogens is 270 g/mol. The first-order valence-electron chi connectivity index (χ1n) is 2.39. The molecule has 0 bridgehead atoms. The molecule has 0 aromatic carbocycles. The number of nitro groups is 1. The van der Waals surface area contributed by atoms with Crippen LogP contribution >= 0.6 is 31.9 Å². The molecule has 0 amide bonds. The van der Waals surface area contributed by atoms with E-state index in [9.17, 15) is 10.1 Å². The molecule has 0 fully saturated rings. The van der Waals surface area contributed by atoms with E-state index in [2.05, 4.69) is 42.4 Å². The summed E-state index contributed by atoms with van der Waals surface area (Å²) in [5.74, 6) is 0. The van der Waals surface area contributed by atoms with Gasteiger partial charge in [0.15, 0.2) is 9.57 Å². The SMILES string of the molecule is O=[N+]([O-])C1C(Br)=NNC1Br. The molecule has 0 saturated heterocycles. The Balaban J connectivity index is 2.74. The fourth-order valence-electron chi connectivity index (χ4n) is 0.575. The third-order valence-corrected chi connectivity index (χ3v) is 2.39. The first-order valence-corrected chi connectivity index (χ1v) is 4.10. The highest BCUT2D eigenvalue weighted by atomic mass is 79.9. The van der Waals surface area contributed by atoms with E-state index in [0.29, 0.717) is 4.62 Å². The van der Waals surface area contributed by atoms with Crippen LogP contribution < -0.4 is 5.43 Å². The Bertz CT molecular complexity index is 194. The smallest absolute Gasteiger partial charge is 0.288 e. The number of hydrogen-bond donors (Lipinski definition) is 1. The van der Waals surface area contributed by atoms with Crippen LogP contribution in [0.4, 0.5) is 0 Å². The number of halogens is 2. The quantitative estimate of drug-likeness (QED) is 0.330. The summed E-state index contributed by atoms with van der Waals surface area (Å²) in [6, 6.07) is -0.806. The lowest BCUT2D eigenvalue weighted by molar-refractivity contribution is -0.500. The minimum absolute atomic E-state index is 0.319. The molecule has 10 heavy (non-hydrogen) atoms. The molecule has 1 rings (SSSR count). The zero-order chi connectivity index (χ0) is 7.72. The molecule has 0 radical (unpaired) electrons. The lowest BCUT2D eigenvalue weighted by Gasteiger charge is -2.03. The summed E-state index contributed by atoms with van der Waals surface area (Å²) in [7, 11) is 0. The molecule has 0 aromatic heterocycles. The Labute approximate surface area is 73.3 Å². The van der Waals surface area contributed by atoms with E-state index in [1.807, 2.05) is 0 Å². The van der Waals surface area contributed by atoms with E-state index < -0.39 is 15.9 Å². The molecule has 1 N–H and O–H groups in total. The monoisotopic (exact) mass is 271 g/mol. The molecule has 0 aromatic rings. The van der Waals surface area contributed by atoms with Gasteiger partial charge in [-0.2, -0.15) is 5.10 Å². The Morgan fingerprint density at radius 3 is 2.60 bits per heavy atom. The summed E-state index contributed by atoms with van der Waals surface area (Å²) < 4.78 is 0.319. The van der Waals surface area contributed by atoms with Crippen molar-refractivity contribution in [3.8, 4) is 0 Å².